The van der Waals surface area contributed by atoms with E-state index in [0.717, 1.165) is 25.1 Å². The van der Waals surface area contributed by atoms with E-state index in [-0.39, 0.29) is 24.0 Å². The highest BCUT2D eigenvalue weighted by Gasteiger charge is 2.30. The molecule has 1 aliphatic heterocycles. The van der Waals surface area contributed by atoms with Crippen molar-refractivity contribution in [1.82, 2.24) is 4.90 Å². The van der Waals surface area contributed by atoms with E-state index in [0.29, 0.717) is 13.2 Å². The first-order valence-electron chi connectivity index (χ1n) is 9.83. The van der Waals surface area contributed by atoms with Gasteiger partial charge in [-0.25, -0.2) is 0 Å². The predicted octanol–water partition coefficient (Wildman–Crippen LogP) is 4.19. The van der Waals surface area contributed by atoms with E-state index in [4.69, 9.17) is 9.47 Å². The topological polar surface area (TPSA) is 38.8 Å². The lowest BCUT2D eigenvalue weighted by Gasteiger charge is -2.39. The van der Waals surface area contributed by atoms with E-state index >= 15 is 0 Å². The van der Waals surface area contributed by atoms with Gasteiger partial charge in [-0.15, -0.1) is 0 Å². The van der Waals surface area contributed by atoms with Crippen molar-refractivity contribution in [2.24, 2.45) is 0 Å². The number of carbonyl (C=O) groups is 1. The third-order valence-corrected chi connectivity index (χ3v) is 5.34. The number of esters is 1. The molecule has 0 radical (unpaired) electrons. The van der Waals surface area contributed by atoms with Crippen LogP contribution < -0.4 is 0 Å². The number of carbonyl (C=O) groups excluding carboxylic acids is 1. The third-order valence-electron chi connectivity index (χ3n) is 5.34. The Kier molecular flexibility index (Phi) is 7.02. The molecule has 0 aliphatic carbocycles. The van der Waals surface area contributed by atoms with Crippen LogP contribution in [0.2, 0.25) is 0 Å². The van der Waals surface area contributed by atoms with Crippen molar-refractivity contribution in [1.29, 1.82) is 0 Å². The molecule has 4 nitrogen and oxygen atoms in total. The van der Waals surface area contributed by atoms with Crippen molar-refractivity contribution in [3.63, 3.8) is 0 Å². The highest BCUT2D eigenvalue weighted by molar-refractivity contribution is 5.78. The van der Waals surface area contributed by atoms with Gasteiger partial charge in [0.05, 0.1) is 18.6 Å². The van der Waals surface area contributed by atoms with Crippen molar-refractivity contribution in [3.8, 4) is 0 Å². The van der Waals surface area contributed by atoms with Crippen molar-refractivity contribution in [2.75, 3.05) is 26.3 Å². The molecule has 2 aromatic rings. The molecule has 144 valence electrons. The number of morpholine rings is 1. The van der Waals surface area contributed by atoms with Crippen LogP contribution in [0.4, 0.5) is 0 Å². The van der Waals surface area contributed by atoms with E-state index in [1.165, 1.54) is 5.56 Å². The number of benzene rings is 2. The molecule has 0 spiro atoms. The summed E-state index contributed by atoms with van der Waals surface area (Å²) < 4.78 is 11.6. The van der Waals surface area contributed by atoms with Gasteiger partial charge in [0.25, 0.3) is 0 Å². The predicted molar refractivity (Wildman–Crippen MR) is 107 cm³/mol. The Morgan fingerprint density at radius 2 is 1.81 bits per heavy atom. The summed E-state index contributed by atoms with van der Waals surface area (Å²) >= 11 is 0. The summed E-state index contributed by atoms with van der Waals surface area (Å²) in [4.78, 5) is 14.9. The minimum atomic E-state index is -0.189. The lowest BCUT2D eigenvalue weighted by atomic mass is 9.97. The lowest BCUT2D eigenvalue weighted by Crippen LogP contribution is -2.47. The van der Waals surface area contributed by atoms with Crippen molar-refractivity contribution in [3.05, 3.63) is 71.8 Å². The largest absolute Gasteiger partial charge is 0.464 e. The van der Waals surface area contributed by atoms with E-state index < -0.39 is 0 Å². The number of nitrogens with zero attached hydrogens (tertiary/aromatic N) is 1. The molecule has 4 heteroatoms. The summed E-state index contributed by atoms with van der Waals surface area (Å²) in [6, 6.07) is 20.4. The van der Waals surface area contributed by atoms with Crippen LogP contribution in [0.3, 0.4) is 0 Å². The summed E-state index contributed by atoms with van der Waals surface area (Å²) in [5, 5.41) is 0. The van der Waals surface area contributed by atoms with Crippen LogP contribution in [0.1, 0.15) is 43.4 Å². The SMILES string of the molecule is CC[C@H](C(=O)OCCN1CCO[C@H](c2ccccc2)[C@H]1C)c1ccccc1. The maximum atomic E-state index is 12.5. The highest BCUT2D eigenvalue weighted by Crippen LogP contribution is 2.28. The Morgan fingerprint density at radius 1 is 1.15 bits per heavy atom. The van der Waals surface area contributed by atoms with Gasteiger partial charge in [-0.2, -0.15) is 0 Å². The fraction of sp³-hybridized carbons (Fsp3) is 0.435. The van der Waals surface area contributed by atoms with Gasteiger partial charge >= 0.3 is 5.97 Å². The number of rotatable bonds is 7. The number of ether oxygens (including phenoxy) is 2. The molecule has 0 saturated carbocycles. The first-order valence-corrected chi connectivity index (χ1v) is 9.83. The molecule has 1 heterocycles. The van der Waals surface area contributed by atoms with Gasteiger partial charge in [0, 0.05) is 19.1 Å². The maximum Gasteiger partial charge on any atom is 0.313 e. The molecule has 0 bridgehead atoms. The van der Waals surface area contributed by atoms with Crippen molar-refractivity contribution in [2.45, 2.75) is 38.3 Å². The average Bonchev–Trinajstić information content (AvgIpc) is 2.71. The zero-order valence-electron chi connectivity index (χ0n) is 16.2. The zero-order valence-corrected chi connectivity index (χ0v) is 16.2. The van der Waals surface area contributed by atoms with E-state index in [9.17, 15) is 4.79 Å². The first kappa shape index (κ1) is 19.6. The first-order chi connectivity index (χ1) is 13.2. The molecule has 0 N–H and O–H groups in total. The maximum absolute atomic E-state index is 12.5. The van der Waals surface area contributed by atoms with Gasteiger partial charge in [0.15, 0.2) is 0 Å². The van der Waals surface area contributed by atoms with Gasteiger partial charge in [-0.05, 0) is 24.5 Å². The Bertz CT molecular complexity index is 704. The molecule has 2 aromatic carbocycles. The molecule has 3 rings (SSSR count). The minimum Gasteiger partial charge on any atom is -0.464 e. The van der Waals surface area contributed by atoms with Crippen LogP contribution in [0.5, 0.6) is 0 Å². The summed E-state index contributed by atoms with van der Waals surface area (Å²) in [6.07, 6.45) is 0.802. The smallest absolute Gasteiger partial charge is 0.313 e. The monoisotopic (exact) mass is 367 g/mol. The molecular formula is C23H29NO3. The standard InChI is InChI=1S/C23H29NO3/c1-3-21(19-10-6-4-7-11-19)23(25)27-17-15-24-14-16-26-22(18(24)2)20-12-8-5-9-13-20/h4-13,18,21-22H,3,14-17H2,1-2H3/t18-,21+,22+/m1/s1. The average molecular weight is 367 g/mol. The molecule has 0 unspecified atom stereocenters. The fourth-order valence-electron chi connectivity index (χ4n) is 3.75. The molecule has 0 aromatic heterocycles. The zero-order chi connectivity index (χ0) is 19.1. The van der Waals surface area contributed by atoms with E-state index in [2.05, 4.69) is 24.0 Å². The number of hydrogen-bond acceptors (Lipinski definition) is 4. The van der Waals surface area contributed by atoms with Crippen LogP contribution in [-0.4, -0.2) is 43.2 Å². The van der Waals surface area contributed by atoms with Gasteiger partial charge < -0.3 is 9.47 Å². The van der Waals surface area contributed by atoms with E-state index in [1.54, 1.807) is 0 Å². The summed E-state index contributed by atoms with van der Waals surface area (Å²) in [7, 11) is 0. The highest BCUT2D eigenvalue weighted by atomic mass is 16.5. The van der Waals surface area contributed by atoms with E-state index in [1.807, 2.05) is 55.5 Å². The van der Waals surface area contributed by atoms with Crippen LogP contribution >= 0.6 is 0 Å². The summed E-state index contributed by atoms with van der Waals surface area (Å²) in [6.45, 7) is 6.89. The summed E-state index contributed by atoms with van der Waals surface area (Å²) in [5.74, 6) is -0.324. The summed E-state index contributed by atoms with van der Waals surface area (Å²) in [5.41, 5.74) is 2.22. The number of hydrogen-bond donors (Lipinski definition) is 0. The van der Waals surface area contributed by atoms with Gasteiger partial charge in [-0.1, -0.05) is 67.6 Å². The van der Waals surface area contributed by atoms with Crippen molar-refractivity contribution < 1.29 is 14.3 Å². The van der Waals surface area contributed by atoms with Crippen LogP contribution in [0, 0.1) is 0 Å². The normalized spacial score (nSPS) is 21.6. The molecule has 27 heavy (non-hydrogen) atoms. The van der Waals surface area contributed by atoms with Crippen LogP contribution in [-0.2, 0) is 14.3 Å². The Hall–Kier alpha value is -2.17. The van der Waals surface area contributed by atoms with Crippen LogP contribution in [0.15, 0.2) is 60.7 Å². The quantitative estimate of drug-likeness (QED) is 0.688. The molecule has 1 saturated heterocycles. The Labute approximate surface area is 162 Å². The fourth-order valence-corrected chi connectivity index (χ4v) is 3.75. The molecule has 1 aliphatic rings. The minimum absolute atomic E-state index is 0.0587. The Balaban J connectivity index is 1.53. The third kappa shape index (κ3) is 4.96. The molecule has 0 amide bonds. The molecule has 1 fully saturated rings. The van der Waals surface area contributed by atoms with Crippen LogP contribution in [0.25, 0.3) is 0 Å². The van der Waals surface area contributed by atoms with Crippen molar-refractivity contribution >= 4 is 5.97 Å². The van der Waals surface area contributed by atoms with Gasteiger partial charge in [0.2, 0.25) is 0 Å². The second kappa shape index (κ2) is 9.67. The second-order valence-corrected chi connectivity index (χ2v) is 7.02. The Morgan fingerprint density at radius 3 is 2.48 bits per heavy atom. The molecule has 3 atom stereocenters. The van der Waals surface area contributed by atoms with Gasteiger partial charge in [-0.3, -0.25) is 9.69 Å². The lowest BCUT2D eigenvalue weighted by molar-refractivity contribution is -0.147. The second-order valence-electron chi connectivity index (χ2n) is 7.02. The van der Waals surface area contributed by atoms with Gasteiger partial charge in [0.1, 0.15) is 6.61 Å². The molecular weight excluding hydrogens is 338 g/mol.